The van der Waals surface area contributed by atoms with Gasteiger partial charge in [0, 0.05) is 62.4 Å². The number of benzene rings is 1. The molecule has 2 fully saturated rings. The second-order valence-corrected chi connectivity index (χ2v) is 10.9. The monoisotopic (exact) mass is 545 g/mol. The highest BCUT2D eigenvalue weighted by Gasteiger charge is 2.33. The Bertz CT molecular complexity index is 1470. The molecule has 0 bridgehead atoms. The minimum absolute atomic E-state index is 0.110. The van der Waals surface area contributed by atoms with Gasteiger partial charge in [0.05, 0.1) is 23.1 Å². The Hall–Kier alpha value is -3.76. The Kier molecular flexibility index (Phi) is 7.53. The lowest BCUT2D eigenvalue weighted by atomic mass is 10.0. The second kappa shape index (κ2) is 11.4. The Balaban J connectivity index is 1.14. The smallest absolute Gasteiger partial charge is 0.276 e. The third kappa shape index (κ3) is 6.18. The van der Waals surface area contributed by atoms with Crippen molar-refractivity contribution < 1.29 is 13.6 Å². The number of carbonyl (C=O) groups excluding carboxylic acids is 1. The zero-order valence-corrected chi connectivity index (χ0v) is 22.4. The molecular weight excluding hydrogens is 512 g/mol. The lowest BCUT2D eigenvalue weighted by Gasteiger charge is -2.31. The van der Waals surface area contributed by atoms with E-state index in [0.29, 0.717) is 36.4 Å². The van der Waals surface area contributed by atoms with Crippen molar-refractivity contribution in [2.75, 3.05) is 31.5 Å². The Morgan fingerprint density at radius 1 is 0.900 bits per heavy atom. The van der Waals surface area contributed by atoms with Crippen molar-refractivity contribution in [3.8, 4) is 11.1 Å². The number of H-pyrrole nitrogens is 1. The summed E-state index contributed by atoms with van der Waals surface area (Å²) in [4.78, 5) is 26.6. The Labute approximate surface area is 231 Å². The minimum Gasteiger partial charge on any atom is -0.319 e. The molecule has 4 aromatic rings. The van der Waals surface area contributed by atoms with Crippen LogP contribution in [0.5, 0.6) is 0 Å². The number of hydrogen-bond acceptors (Lipinski definition) is 6. The molecule has 1 aromatic carbocycles. The molecule has 0 radical (unpaired) electrons. The van der Waals surface area contributed by atoms with Crippen LogP contribution < -0.4 is 5.32 Å². The minimum atomic E-state index is -2.56. The molecule has 1 amide bonds. The number of pyridine rings is 2. The molecule has 208 valence electrons. The van der Waals surface area contributed by atoms with Gasteiger partial charge in [-0.1, -0.05) is 12.5 Å². The quantitative estimate of drug-likeness (QED) is 0.319. The van der Waals surface area contributed by atoms with E-state index >= 15 is 0 Å². The van der Waals surface area contributed by atoms with Gasteiger partial charge < -0.3 is 5.32 Å². The lowest BCUT2D eigenvalue weighted by molar-refractivity contribution is -0.0566. The van der Waals surface area contributed by atoms with Crippen molar-refractivity contribution >= 4 is 22.5 Å². The fourth-order valence-electron chi connectivity index (χ4n) is 5.52. The van der Waals surface area contributed by atoms with Gasteiger partial charge in [0.15, 0.2) is 5.69 Å². The van der Waals surface area contributed by atoms with Crippen molar-refractivity contribution in [1.29, 1.82) is 0 Å². The summed E-state index contributed by atoms with van der Waals surface area (Å²) < 4.78 is 27.1. The van der Waals surface area contributed by atoms with Crippen LogP contribution in [0.2, 0.25) is 0 Å². The van der Waals surface area contributed by atoms with Gasteiger partial charge in [0.1, 0.15) is 0 Å². The van der Waals surface area contributed by atoms with Crippen molar-refractivity contribution in [3.05, 3.63) is 71.9 Å². The zero-order chi connectivity index (χ0) is 27.5. The average Bonchev–Trinajstić information content (AvgIpc) is 3.40. The van der Waals surface area contributed by atoms with Crippen LogP contribution in [0.15, 0.2) is 55.0 Å². The number of nitrogens with zero attached hydrogens (tertiary/aromatic N) is 5. The third-order valence-electron chi connectivity index (χ3n) is 7.82. The van der Waals surface area contributed by atoms with Gasteiger partial charge >= 0.3 is 0 Å². The fraction of sp³-hybridized carbons (Fsp3) is 0.400. The Morgan fingerprint density at radius 3 is 2.48 bits per heavy atom. The topological polar surface area (TPSA) is 90.0 Å². The molecule has 5 heterocycles. The highest BCUT2D eigenvalue weighted by Crippen LogP contribution is 2.30. The second-order valence-electron chi connectivity index (χ2n) is 10.9. The number of piperidine rings is 2. The van der Waals surface area contributed by atoms with Crippen molar-refractivity contribution in [2.45, 2.75) is 51.1 Å². The molecule has 0 aliphatic carbocycles. The van der Waals surface area contributed by atoms with Crippen LogP contribution in [0, 0.1) is 0 Å². The molecule has 0 saturated carbocycles. The fourth-order valence-corrected chi connectivity index (χ4v) is 5.52. The van der Waals surface area contributed by atoms with E-state index in [-0.39, 0.29) is 18.7 Å². The number of alkyl halides is 2. The van der Waals surface area contributed by atoms with Crippen LogP contribution >= 0.6 is 0 Å². The average molecular weight is 546 g/mol. The zero-order valence-electron chi connectivity index (χ0n) is 22.4. The molecule has 2 aliphatic rings. The van der Waals surface area contributed by atoms with E-state index in [0.717, 1.165) is 47.5 Å². The maximum absolute atomic E-state index is 13.5. The van der Waals surface area contributed by atoms with Gasteiger partial charge in [0.25, 0.3) is 11.8 Å². The summed E-state index contributed by atoms with van der Waals surface area (Å²) in [5, 5.41) is 10.8. The number of halogens is 2. The molecule has 0 atom stereocenters. The number of carbonyl (C=O) groups is 1. The first-order valence-corrected chi connectivity index (χ1v) is 13.9. The van der Waals surface area contributed by atoms with E-state index in [1.54, 1.807) is 18.6 Å². The number of aromatic nitrogens is 4. The summed E-state index contributed by atoms with van der Waals surface area (Å²) >= 11 is 0. The normalized spacial score (nSPS) is 18.1. The van der Waals surface area contributed by atoms with Gasteiger partial charge in [-0.3, -0.25) is 29.7 Å². The predicted molar refractivity (Wildman–Crippen MR) is 150 cm³/mol. The molecule has 2 saturated heterocycles. The number of fused-ring (bicyclic) bond motifs is 1. The summed E-state index contributed by atoms with van der Waals surface area (Å²) in [5.41, 5.74) is 5.41. The number of nitrogens with one attached hydrogen (secondary N) is 2. The summed E-state index contributed by atoms with van der Waals surface area (Å²) in [7, 11) is 0. The lowest BCUT2D eigenvalue weighted by Crippen LogP contribution is -2.38. The SMILES string of the molecule is O=C(Nc1ccc(CN2CCCCC2)nc1)c1n[nH]c2ccc(-c3cncc(CN4CCC(F)(F)CC4)c3)cc12. The summed E-state index contributed by atoms with van der Waals surface area (Å²) in [5.74, 6) is -2.88. The van der Waals surface area contributed by atoms with Crippen molar-refractivity contribution in [1.82, 2.24) is 30.0 Å². The molecule has 2 N–H and O–H groups in total. The summed E-state index contributed by atoms with van der Waals surface area (Å²) in [6.07, 6.45) is 8.78. The molecule has 0 spiro atoms. The van der Waals surface area contributed by atoms with Gasteiger partial charge in [-0.2, -0.15) is 5.10 Å². The van der Waals surface area contributed by atoms with Gasteiger partial charge in [0.2, 0.25) is 0 Å². The predicted octanol–water partition coefficient (Wildman–Crippen LogP) is 5.49. The van der Waals surface area contributed by atoms with E-state index in [2.05, 4.69) is 30.4 Å². The van der Waals surface area contributed by atoms with Crippen LogP contribution in [-0.2, 0) is 13.1 Å². The van der Waals surface area contributed by atoms with Gasteiger partial charge in [-0.15, -0.1) is 0 Å². The van der Waals surface area contributed by atoms with Crippen LogP contribution in [0.3, 0.4) is 0 Å². The third-order valence-corrected chi connectivity index (χ3v) is 7.82. The molecule has 10 heteroatoms. The van der Waals surface area contributed by atoms with Crippen molar-refractivity contribution in [3.63, 3.8) is 0 Å². The van der Waals surface area contributed by atoms with E-state index in [4.69, 9.17) is 0 Å². The van der Waals surface area contributed by atoms with Gasteiger partial charge in [-0.25, -0.2) is 8.78 Å². The number of amides is 1. The van der Waals surface area contributed by atoms with E-state index < -0.39 is 5.92 Å². The van der Waals surface area contributed by atoms with E-state index in [1.165, 1.54) is 19.3 Å². The van der Waals surface area contributed by atoms with Gasteiger partial charge in [-0.05, 0) is 67.4 Å². The van der Waals surface area contributed by atoms with E-state index in [9.17, 15) is 13.6 Å². The maximum Gasteiger partial charge on any atom is 0.276 e. The standard InChI is InChI=1S/C30H33F2N7O/c31-30(32)8-12-39(13-9-30)19-21-14-23(17-33-16-21)22-4-7-27-26(15-22)28(37-36-27)29(40)35-24-5-6-25(34-18-24)20-38-10-2-1-3-11-38/h4-7,14-18H,1-3,8-13,19-20H2,(H,35,40)(H,36,37). The van der Waals surface area contributed by atoms with E-state index in [1.807, 2.05) is 41.3 Å². The molecular formula is C30H33F2N7O. The molecule has 8 nitrogen and oxygen atoms in total. The summed E-state index contributed by atoms with van der Waals surface area (Å²) in [6.45, 7) is 4.35. The highest BCUT2D eigenvalue weighted by atomic mass is 19.3. The first-order chi connectivity index (χ1) is 19.4. The van der Waals surface area contributed by atoms with Crippen LogP contribution in [-0.4, -0.2) is 68.0 Å². The number of likely N-dealkylation sites (tertiary alicyclic amines) is 2. The first kappa shape index (κ1) is 26.5. The van der Waals surface area contributed by atoms with Crippen molar-refractivity contribution in [2.24, 2.45) is 0 Å². The van der Waals surface area contributed by atoms with Crippen LogP contribution in [0.25, 0.3) is 22.0 Å². The molecule has 6 rings (SSSR count). The Morgan fingerprint density at radius 2 is 1.70 bits per heavy atom. The maximum atomic E-state index is 13.5. The molecule has 3 aromatic heterocycles. The highest BCUT2D eigenvalue weighted by molar-refractivity contribution is 6.11. The largest absolute Gasteiger partial charge is 0.319 e. The number of anilines is 1. The molecule has 0 unspecified atom stereocenters. The number of hydrogen-bond donors (Lipinski definition) is 2. The molecule has 2 aliphatic heterocycles. The number of rotatable bonds is 7. The van der Waals surface area contributed by atoms with Crippen LogP contribution in [0.4, 0.5) is 14.5 Å². The number of aromatic amines is 1. The summed E-state index contributed by atoms with van der Waals surface area (Å²) in [6, 6.07) is 11.6. The molecule has 40 heavy (non-hydrogen) atoms. The first-order valence-electron chi connectivity index (χ1n) is 13.9. The van der Waals surface area contributed by atoms with Crippen LogP contribution in [0.1, 0.15) is 53.8 Å².